The van der Waals surface area contributed by atoms with Crippen molar-refractivity contribution in [2.24, 2.45) is 0 Å². The predicted octanol–water partition coefficient (Wildman–Crippen LogP) is 2.54. The van der Waals surface area contributed by atoms with Crippen LogP contribution < -0.4 is 5.43 Å². The number of hydrogen-bond donors (Lipinski definition) is 1. The monoisotopic (exact) mass is 250 g/mol. The summed E-state index contributed by atoms with van der Waals surface area (Å²) in [6.45, 7) is 0. The molecular weight excluding hydrogens is 244 g/mol. The lowest BCUT2D eigenvalue weighted by atomic mass is 10.1. The number of rotatable bonds is 2. The van der Waals surface area contributed by atoms with Gasteiger partial charge >= 0.3 is 5.97 Å². The Hall–Kier alpha value is -2.07. The van der Waals surface area contributed by atoms with Gasteiger partial charge in [0.15, 0.2) is 5.43 Å². The van der Waals surface area contributed by atoms with Gasteiger partial charge in [-0.15, -0.1) is 0 Å². The normalized spacial score (nSPS) is 11.1. The maximum atomic E-state index is 11.9. The molecule has 0 fully saturated rings. The summed E-state index contributed by atoms with van der Waals surface area (Å²) in [5, 5.41) is 9.31. The second kappa shape index (κ2) is 4.43. The maximum absolute atomic E-state index is 11.9. The van der Waals surface area contributed by atoms with Gasteiger partial charge in [-0.3, -0.25) is 4.79 Å². The zero-order valence-corrected chi connectivity index (χ0v) is 9.27. The molecule has 4 nitrogen and oxygen atoms in total. The van der Waals surface area contributed by atoms with E-state index in [4.69, 9.17) is 21.1 Å². The third kappa shape index (κ3) is 2.37. The van der Waals surface area contributed by atoms with E-state index in [9.17, 15) is 9.59 Å². The van der Waals surface area contributed by atoms with Crippen molar-refractivity contribution in [2.75, 3.05) is 0 Å². The fourth-order valence-electron chi connectivity index (χ4n) is 1.39. The summed E-state index contributed by atoms with van der Waals surface area (Å²) < 4.78 is 5.21. The minimum atomic E-state index is -1.12. The lowest BCUT2D eigenvalue weighted by molar-refractivity contribution is -0.131. The number of halogens is 1. The van der Waals surface area contributed by atoms with Gasteiger partial charge in [0.05, 0.1) is 10.9 Å². The minimum Gasteiger partial charge on any atom is -0.478 e. The minimum absolute atomic E-state index is 0.183. The number of carboxylic acid groups (broad SMARTS) is 1. The average molecular weight is 251 g/mol. The molecule has 0 aliphatic rings. The average Bonchev–Trinajstić information content (AvgIpc) is 2.27. The van der Waals surface area contributed by atoms with Crippen molar-refractivity contribution < 1.29 is 14.3 Å². The summed E-state index contributed by atoms with van der Waals surface area (Å²) in [5.74, 6) is -1.12. The van der Waals surface area contributed by atoms with E-state index in [0.29, 0.717) is 16.0 Å². The molecule has 0 unspecified atom stereocenters. The first-order chi connectivity index (χ1) is 8.08. The quantitative estimate of drug-likeness (QED) is 0.832. The first kappa shape index (κ1) is 11.4. The number of carbonyl (C=O) groups is 1. The Kier molecular flexibility index (Phi) is 2.97. The van der Waals surface area contributed by atoms with Crippen LogP contribution in [0.15, 0.2) is 39.7 Å². The number of benzene rings is 1. The molecular formula is C12H7ClO4. The van der Waals surface area contributed by atoms with Gasteiger partial charge in [-0.2, -0.15) is 0 Å². The summed E-state index contributed by atoms with van der Waals surface area (Å²) in [7, 11) is 0. The van der Waals surface area contributed by atoms with Crippen LogP contribution in [0.2, 0.25) is 5.02 Å². The van der Waals surface area contributed by atoms with Gasteiger partial charge < -0.3 is 9.52 Å². The molecule has 0 bridgehead atoms. The molecule has 0 atom stereocenters. The van der Waals surface area contributed by atoms with Crippen LogP contribution in [-0.2, 0) is 4.79 Å². The summed E-state index contributed by atoms with van der Waals surface area (Å²) >= 11 is 5.76. The van der Waals surface area contributed by atoms with E-state index >= 15 is 0 Å². The second-order valence-corrected chi connectivity index (χ2v) is 3.77. The highest BCUT2D eigenvalue weighted by Crippen LogP contribution is 2.17. The Balaban J connectivity index is 2.62. The highest BCUT2D eigenvalue weighted by molar-refractivity contribution is 6.31. The summed E-state index contributed by atoms with van der Waals surface area (Å²) in [4.78, 5) is 22.3. The van der Waals surface area contributed by atoms with Crippen LogP contribution in [0.3, 0.4) is 0 Å². The largest absolute Gasteiger partial charge is 0.478 e. The van der Waals surface area contributed by atoms with E-state index in [1.54, 1.807) is 12.1 Å². The van der Waals surface area contributed by atoms with E-state index in [-0.39, 0.29) is 11.0 Å². The summed E-state index contributed by atoms with van der Waals surface area (Å²) in [5.41, 5.74) is 0.262. The Labute approximate surface area is 101 Å². The van der Waals surface area contributed by atoms with Crippen molar-refractivity contribution in [3.8, 4) is 0 Å². The third-order valence-corrected chi connectivity index (χ3v) is 2.40. The van der Waals surface area contributed by atoms with Crippen LogP contribution in [-0.4, -0.2) is 11.1 Å². The molecule has 0 saturated carbocycles. The van der Waals surface area contributed by atoms with Gasteiger partial charge in [-0.1, -0.05) is 11.6 Å². The lowest BCUT2D eigenvalue weighted by Gasteiger charge is -1.98. The highest BCUT2D eigenvalue weighted by Gasteiger charge is 2.05. The van der Waals surface area contributed by atoms with Crippen molar-refractivity contribution in [3.63, 3.8) is 0 Å². The molecule has 0 saturated heterocycles. The summed E-state index contributed by atoms with van der Waals surface area (Å²) in [6, 6.07) is 4.65. The highest BCUT2D eigenvalue weighted by atomic mass is 35.5. The standard InChI is InChI=1S/C12H7ClO4/c13-8-2-3-9-10(5-8)17-6-7(12(9)16)1-4-11(14)15/h1-6H,(H,14,15)/b4-1+. The zero-order valence-electron chi connectivity index (χ0n) is 8.51. The Morgan fingerprint density at radius 3 is 2.88 bits per heavy atom. The topological polar surface area (TPSA) is 67.5 Å². The molecule has 2 aromatic rings. The van der Waals surface area contributed by atoms with Gasteiger partial charge in [-0.25, -0.2) is 4.79 Å². The van der Waals surface area contributed by atoms with Crippen molar-refractivity contribution in [1.82, 2.24) is 0 Å². The van der Waals surface area contributed by atoms with E-state index in [2.05, 4.69) is 0 Å². The maximum Gasteiger partial charge on any atom is 0.328 e. The van der Waals surface area contributed by atoms with Gasteiger partial charge in [0.1, 0.15) is 11.8 Å². The molecule has 0 spiro atoms. The smallest absolute Gasteiger partial charge is 0.328 e. The van der Waals surface area contributed by atoms with E-state index < -0.39 is 5.97 Å². The van der Waals surface area contributed by atoms with Crippen LogP contribution in [0.25, 0.3) is 17.0 Å². The van der Waals surface area contributed by atoms with Gasteiger partial charge in [0.2, 0.25) is 0 Å². The van der Waals surface area contributed by atoms with Crippen LogP contribution in [0, 0.1) is 0 Å². The second-order valence-electron chi connectivity index (χ2n) is 3.33. The van der Waals surface area contributed by atoms with Gasteiger partial charge in [-0.05, 0) is 18.2 Å². The zero-order chi connectivity index (χ0) is 12.4. The lowest BCUT2D eigenvalue weighted by Crippen LogP contribution is -2.04. The number of hydrogen-bond acceptors (Lipinski definition) is 3. The molecule has 2 rings (SSSR count). The van der Waals surface area contributed by atoms with Gasteiger partial charge in [0.25, 0.3) is 0 Å². The molecule has 0 aliphatic carbocycles. The van der Waals surface area contributed by atoms with Gasteiger partial charge in [0, 0.05) is 17.2 Å². The van der Waals surface area contributed by atoms with E-state index in [1.165, 1.54) is 18.4 Å². The molecule has 17 heavy (non-hydrogen) atoms. The molecule has 5 heteroatoms. The third-order valence-electron chi connectivity index (χ3n) is 2.17. The fourth-order valence-corrected chi connectivity index (χ4v) is 1.56. The number of carboxylic acids is 1. The van der Waals surface area contributed by atoms with E-state index in [1.807, 2.05) is 0 Å². The van der Waals surface area contributed by atoms with Crippen molar-refractivity contribution in [3.05, 3.63) is 51.3 Å². The Morgan fingerprint density at radius 2 is 2.18 bits per heavy atom. The molecule has 1 aromatic heterocycles. The molecule has 1 N–H and O–H groups in total. The molecule has 0 aliphatic heterocycles. The molecule has 1 heterocycles. The van der Waals surface area contributed by atoms with Crippen LogP contribution in [0.1, 0.15) is 5.56 Å². The summed E-state index contributed by atoms with van der Waals surface area (Å²) in [6.07, 6.45) is 3.29. The fraction of sp³-hybridized carbons (Fsp3) is 0. The van der Waals surface area contributed by atoms with Crippen molar-refractivity contribution >= 4 is 34.6 Å². The molecule has 86 valence electrons. The van der Waals surface area contributed by atoms with E-state index in [0.717, 1.165) is 6.08 Å². The van der Waals surface area contributed by atoms with Crippen molar-refractivity contribution in [2.45, 2.75) is 0 Å². The van der Waals surface area contributed by atoms with Crippen LogP contribution in [0.4, 0.5) is 0 Å². The molecule has 0 radical (unpaired) electrons. The Bertz CT molecular complexity index is 670. The molecule has 1 aromatic carbocycles. The van der Waals surface area contributed by atoms with Crippen LogP contribution >= 0.6 is 11.6 Å². The first-order valence-electron chi connectivity index (χ1n) is 4.70. The predicted molar refractivity (Wildman–Crippen MR) is 64.2 cm³/mol. The number of fused-ring (bicyclic) bond motifs is 1. The number of aliphatic carboxylic acids is 1. The van der Waals surface area contributed by atoms with Crippen LogP contribution in [0.5, 0.6) is 0 Å². The van der Waals surface area contributed by atoms with Crippen molar-refractivity contribution in [1.29, 1.82) is 0 Å². The molecule has 0 amide bonds. The SMILES string of the molecule is O=C(O)/C=C/c1coc2cc(Cl)ccc2c1=O. The first-order valence-corrected chi connectivity index (χ1v) is 5.08. The Morgan fingerprint density at radius 1 is 1.41 bits per heavy atom.